The van der Waals surface area contributed by atoms with Crippen LogP contribution in [-0.4, -0.2) is 11.0 Å². The van der Waals surface area contributed by atoms with E-state index < -0.39 is 0 Å². The fourth-order valence-electron chi connectivity index (χ4n) is 1.53. The highest BCUT2D eigenvalue weighted by molar-refractivity contribution is 9.10. The highest BCUT2D eigenvalue weighted by Gasteiger charge is 2.08. The summed E-state index contributed by atoms with van der Waals surface area (Å²) in [6, 6.07) is 9.91. The number of aryl methyl sites for hydroxylation is 1. The van der Waals surface area contributed by atoms with Gasteiger partial charge in [-0.15, -0.1) is 0 Å². The third kappa shape index (κ3) is 3.28. The highest BCUT2D eigenvalue weighted by atomic mass is 79.9. The van der Waals surface area contributed by atoms with Crippen LogP contribution in [0.15, 0.2) is 40.9 Å². The topological polar surface area (TPSA) is 49.3 Å². The van der Waals surface area contributed by atoms with Crippen molar-refractivity contribution in [2.24, 2.45) is 0 Å². The van der Waals surface area contributed by atoms with Crippen LogP contribution in [0.1, 0.15) is 15.9 Å². The van der Waals surface area contributed by atoms with Gasteiger partial charge in [0.15, 0.2) is 0 Å². The Balaban J connectivity index is 2.20. The Morgan fingerprint density at radius 3 is 2.63 bits per heavy atom. The highest BCUT2D eigenvalue weighted by Crippen LogP contribution is 2.26. The number of carbonyl (C=O) groups is 1. The zero-order valence-corrected chi connectivity index (χ0v) is 12.4. The summed E-state index contributed by atoms with van der Waals surface area (Å²) in [6.07, 6.45) is 0. The summed E-state index contributed by atoms with van der Waals surface area (Å²) in [5.74, 6) is -0.313. The second-order valence-corrected chi connectivity index (χ2v) is 5.35. The summed E-state index contributed by atoms with van der Waals surface area (Å²) in [4.78, 5) is 12.0. The Morgan fingerprint density at radius 2 is 2.00 bits per heavy atom. The molecule has 0 bridgehead atoms. The zero-order chi connectivity index (χ0) is 14.0. The number of benzene rings is 2. The lowest BCUT2D eigenvalue weighted by atomic mass is 10.1. The minimum atomic E-state index is -0.248. The molecule has 98 valence electrons. The van der Waals surface area contributed by atoms with Gasteiger partial charge in [-0.25, -0.2) is 0 Å². The van der Waals surface area contributed by atoms with E-state index in [4.69, 9.17) is 11.6 Å². The van der Waals surface area contributed by atoms with Crippen molar-refractivity contribution in [3.63, 3.8) is 0 Å². The number of amides is 1. The summed E-state index contributed by atoms with van der Waals surface area (Å²) in [6.45, 7) is 1.95. The van der Waals surface area contributed by atoms with E-state index in [9.17, 15) is 9.90 Å². The molecule has 0 radical (unpaired) electrons. The Kier molecular flexibility index (Phi) is 4.12. The minimum Gasteiger partial charge on any atom is -0.506 e. The second-order valence-electron chi connectivity index (χ2n) is 4.08. The molecule has 0 aliphatic heterocycles. The molecule has 19 heavy (non-hydrogen) atoms. The van der Waals surface area contributed by atoms with E-state index in [1.54, 1.807) is 18.2 Å². The summed E-state index contributed by atoms with van der Waals surface area (Å²) >= 11 is 9.09. The van der Waals surface area contributed by atoms with Crippen LogP contribution in [0, 0.1) is 6.92 Å². The van der Waals surface area contributed by atoms with Crippen molar-refractivity contribution in [3.05, 3.63) is 57.0 Å². The van der Waals surface area contributed by atoms with Crippen LogP contribution in [0.25, 0.3) is 0 Å². The standard InChI is InChI=1S/C14H11BrClNO2/c1-8-2-3-9(6-11(8)15)14(19)17-10-4-5-12(16)13(18)7-10/h2-7,18H,1H3,(H,17,19). The summed E-state index contributed by atoms with van der Waals surface area (Å²) in [7, 11) is 0. The maximum Gasteiger partial charge on any atom is 0.255 e. The number of anilines is 1. The van der Waals surface area contributed by atoms with Gasteiger partial charge in [0, 0.05) is 21.8 Å². The molecule has 1 amide bonds. The van der Waals surface area contributed by atoms with Crippen LogP contribution in [0.3, 0.4) is 0 Å². The lowest BCUT2D eigenvalue weighted by Crippen LogP contribution is -2.11. The van der Waals surface area contributed by atoms with Gasteiger partial charge >= 0.3 is 0 Å². The summed E-state index contributed by atoms with van der Waals surface area (Å²) in [5, 5.41) is 12.4. The van der Waals surface area contributed by atoms with Gasteiger partial charge in [-0.2, -0.15) is 0 Å². The molecule has 0 heterocycles. The van der Waals surface area contributed by atoms with Crippen molar-refractivity contribution in [1.29, 1.82) is 0 Å². The number of aromatic hydroxyl groups is 1. The number of rotatable bonds is 2. The van der Waals surface area contributed by atoms with Gasteiger partial charge in [0.05, 0.1) is 5.02 Å². The first-order valence-corrected chi connectivity index (χ1v) is 6.70. The fraction of sp³-hybridized carbons (Fsp3) is 0.0714. The quantitative estimate of drug-likeness (QED) is 0.853. The van der Waals surface area contributed by atoms with E-state index in [2.05, 4.69) is 21.2 Å². The van der Waals surface area contributed by atoms with E-state index in [0.29, 0.717) is 11.3 Å². The van der Waals surface area contributed by atoms with Crippen LogP contribution in [-0.2, 0) is 0 Å². The zero-order valence-electron chi connectivity index (χ0n) is 10.1. The Morgan fingerprint density at radius 1 is 1.26 bits per heavy atom. The largest absolute Gasteiger partial charge is 0.506 e. The van der Waals surface area contributed by atoms with Crippen molar-refractivity contribution in [2.75, 3.05) is 5.32 Å². The first kappa shape index (κ1) is 13.9. The average molecular weight is 341 g/mol. The Labute approximate surface area is 124 Å². The van der Waals surface area contributed by atoms with E-state index in [1.807, 2.05) is 13.0 Å². The minimum absolute atomic E-state index is 0.0652. The molecule has 2 aromatic rings. The number of phenols is 1. The molecule has 2 rings (SSSR count). The van der Waals surface area contributed by atoms with Gasteiger partial charge in [-0.05, 0) is 36.8 Å². The molecule has 0 atom stereocenters. The maximum atomic E-state index is 12.0. The monoisotopic (exact) mass is 339 g/mol. The molecule has 0 aliphatic carbocycles. The molecule has 0 fully saturated rings. The van der Waals surface area contributed by atoms with E-state index in [-0.39, 0.29) is 16.7 Å². The Bertz CT molecular complexity index is 643. The third-order valence-electron chi connectivity index (χ3n) is 2.64. The number of hydrogen-bond donors (Lipinski definition) is 2. The smallest absolute Gasteiger partial charge is 0.255 e. The molecule has 3 nitrogen and oxygen atoms in total. The average Bonchev–Trinajstić information content (AvgIpc) is 2.37. The van der Waals surface area contributed by atoms with Gasteiger partial charge in [0.2, 0.25) is 0 Å². The van der Waals surface area contributed by atoms with Crippen LogP contribution in [0.4, 0.5) is 5.69 Å². The van der Waals surface area contributed by atoms with Gasteiger partial charge < -0.3 is 10.4 Å². The first-order valence-electron chi connectivity index (χ1n) is 5.53. The fourth-order valence-corrected chi connectivity index (χ4v) is 2.02. The number of carbonyl (C=O) groups excluding carboxylic acids is 1. The lowest BCUT2D eigenvalue weighted by molar-refractivity contribution is 0.102. The van der Waals surface area contributed by atoms with Crippen LogP contribution in [0.5, 0.6) is 5.75 Å². The molecular formula is C14H11BrClNO2. The molecule has 0 saturated carbocycles. The summed E-state index contributed by atoms with van der Waals surface area (Å²) in [5.41, 5.74) is 2.08. The molecule has 0 spiro atoms. The predicted octanol–water partition coefficient (Wildman–Crippen LogP) is 4.37. The third-order valence-corrected chi connectivity index (χ3v) is 3.81. The van der Waals surface area contributed by atoms with Crippen LogP contribution in [0.2, 0.25) is 5.02 Å². The van der Waals surface area contributed by atoms with Gasteiger partial charge in [-0.3, -0.25) is 4.79 Å². The van der Waals surface area contributed by atoms with Gasteiger partial charge in [0.25, 0.3) is 5.91 Å². The van der Waals surface area contributed by atoms with Crippen molar-refractivity contribution in [1.82, 2.24) is 0 Å². The van der Waals surface area contributed by atoms with Crippen LogP contribution < -0.4 is 5.32 Å². The van der Waals surface area contributed by atoms with Gasteiger partial charge in [0.1, 0.15) is 5.75 Å². The Hall–Kier alpha value is -1.52. The van der Waals surface area contributed by atoms with Crippen molar-refractivity contribution < 1.29 is 9.90 Å². The number of phenolic OH excluding ortho intramolecular Hbond substituents is 1. The molecule has 0 saturated heterocycles. The second kappa shape index (κ2) is 5.63. The molecule has 2 N–H and O–H groups in total. The van der Waals surface area contributed by atoms with E-state index in [1.165, 1.54) is 12.1 Å². The van der Waals surface area contributed by atoms with Crippen molar-refractivity contribution in [2.45, 2.75) is 6.92 Å². The molecular weight excluding hydrogens is 330 g/mol. The maximum absolute atomic E-state index is 12.0. The van der Waals surface area contributed by atoms with E-state index >= 15 is 0 Å². The molecule has 5 heteroatoms. The molecule has 2 aromatic carbocycles. The molecule has 0 aliphatic rings. The lowest BCUT2D eigenvalue weighted by Gasteiger charge is -2.07. The number of hydrogen-bond acceptors (Lipinski definition) is 2. The van der Waals surface area contributed by atoms with Gasteiger partial charge in [-0.1, -0.05) is 33.6 Å². The molecule has 0 aromatic heterocycles. The summed E-state index contributed by atoms with van der Waals surface area (Å²) < 4.78 is 0.874. The van der Waals surface area contributed by atoms with Crippen LogP contribution >= 0.6 is 27.5 Å². The van der Waals surface area contributed by atoms with E-state index in [0.717, 1.165) is 10.0 Å². The number of halogens is 2. The van der Waals surface area contributed by atoms with Crippen molar-refractivity contribution >= 4 is 39.1 Å². The normalized spacial score (nSPS) is 10.3. The molecule has 0 unspecified atom stereocenters. The number of nitrogens with one attached hydrogen (secondary N) is 1. The predicted molar refractivity (Wildman–Crippen MR) is 79.9 cm³/mol. The SMILES string of the molecule is Cc1ccc(C(=O)Nc2ccc(Cl)c(O)c2)cc1Br. The first-order chi connectivity index (χ1) is 8.97. The van der Waals surface area contributed by atoms with Crippen molar-refractivity contribution in [3.8, 4) is 5.75 Å².